The average Bonchev–Trinajstić information content (AvgIpc) is 2.42. The van der Waals surface area contributed by atoms with Crippen LogP contribution < -0.4 is 0 Å². The maximum absolute atomic E-state index is 12.4. The monoisotopic (exact) mass is 345 g/mol. The van der Waals surface area contributed by atoms with Gasteiger partial charge >= 0.3 is 0 Å². The number of halogens is 4. The Morgan fingerprint density at radius 3 is 2.15 bits per heavy atom. The van der Waals surface area contributed by atoms with E-state index in [2.05, 4.69) is 0 Å². The summed E-state index contributed by atoms with van der Waals surface area (Å²) in [5.74, 6) is -0.387. The van der Waals surface area contributed by atoms with Gasteiger partial charge in [0.1, 0.15) is 0 Å². The molecule has 101 valence electrons. The van der Waals surface area contributed by atoms with Crippen LogP contribution in [0, 0.1) is 0 Å². The lowest BCUT2D eigenvalue weighted by molar-refractivity contribution is 0.103. The number of hydrogen-bond donors (Lipinski definition) is 0. The summed E-state index contributed by atoms with van der Waals surface area (Å²) in [7, 11) is 0. The number of benzene rings is 2. The van der Waals surface area contributed by atoms with E-state index in [0.29, 0.717) is 10.6 Å². The number of carbonyl (C=O) groups is 1. The molecule has 0 bridgehead atoms. The molecule has 0 aliphatic rings. The van der Waals surface area contributed by atoms with Crippen molar-refractivity contribution in [1.82, 2.24) is 0 Å². The molecule has 0 unspecified atom stereocenters. The van der Waals surface area contributed by atoms with Crippen molar-refractivity contribution in [2.24, 2.45) is 0 Å². The van der Waals surface area contributed by atoms with Crippen LogP contribution >= 0.6 is 46.4 Å². The van der Waals surface area contributed by atoms with Gasteiger partial charge in [0, 0.05) is 11.1 Å². The number of ketones is 1. The van der Waals surface area contributed by atoms with Crippen LogP contribution in [0.3, 0.4) is 0 Å². The molecule has 0 saturated heterocycles. The first-order chi connectivity index (χ1) is 9.45. The van der Waals surface area contributed by atoms with Gasteiger partial charge in [0.2, 0.25) is 6.29 Å². The van der Waals surface area contributed by atoms with Gasteiger partial charge in [-0.3, -0.25) is 9.59 Å². The summed E-state index contributed by atoms with van der Waals surface area (Å²) in [4.78, 5) is 23.2. The molecule has 0 N–H and O–H groups in total. The molecule has 0 spiro atoms. The quantitative estimate of drug-likeness (QED) is 0.734. The molecular formula is C14H5Cl4O2. The molecule has 2 aromatic carbocycles. The summed E-state index contributed by atoms with van der Waals surface area (Å²) in [5.41, 5.74) is 0.410. The molecule has 0 saturated carbocycles. The Morgan fingerprint density at radius 1 is 0.900 bits per heavy atom. The van der Waals surface area contributed by atoms with Crippen molar-refractivity contribution >= 4 is 58.5 Å². The van der Waals surface area contributed by atoms with E-state index >= 15 is 0 Å². The van der Waals surface area contributed by atoms with Crippen LogP contribution in [0.15, 0.2) is 30.3 Å². The van der Waals surface area contributed by atoms with Crippen LogP contribution in [-0.2, 0) is 4.79 Å². The Balaban J connectivity index is 2.53. The van der Waals surface area contributed by atoms with Crippen molar-refractivity contribution in [1.29, 1.82) is 0 Å². The molecule has 0 fully saturated rings. The molecular weight excluding hydrogens is 342 g/mol. The first-order valence-corrected chi connectivity index (χ1v) is 6.82. The molecule has 1 radical (unpaired) electrons. The summed E-state index contributed by atoms with van der Waals surface area (Å²) in [6.45, 7) is 0. The highest BCUT2D eigenvalue weighted by atomic mass is 35.5. The molecule has 0 aromatic heterocycles. The summed E-state index contributed by atoms with van der Waals surface area (Å²) in [6, 6.07) is 7.32. The predicted octanol–water partition coefficient (Wildman–Crippen LogP) is 4.99. The average molecular weight is 347 g/mol. The van der Waals surface area contributed by atoms with Gasteiger partial charge in [-0.05, 0) is 30.3 Å². The molecule has 0 heterocycles. The van der Waals surface area contributed by atoms with Crippen LogP contribution in [-0.4, -0.2) is 12.1 Å². The second-order valence-electron chi connectivity index (χ2n) is 3.84. The lowest BCUT2D eigenvalue weighted by Gasteiger charge is -2.07. The fourth-order valence-electron chi connectivity index (χ4n) is 1.61. The fourth-order valence-corrected chi connectivity index (χ4v) is 2.45. The lowest BCUT2D eigenvalue weighted by Crippen LogP contribution is -2.04. The van der Waals surface area contributed by atoms with Crippen molar-refractivity contribution in [3.63, 3.8) is 0 Å². The smallest absolute Gasteiger partial charge is 0.236 e. The first kappa shape index (κ1) is 15.3. The van der Waals surface area contributed by atoms with E-state index in [1.165, 1.54) is 30.3 Å². The van der Waals surface area contributed by atoms with Gasteiger partial charge in [-0.2, -0.15) is 0 Å². The van der Waals surface area contributed by atoms with Crippen LogP contribution in [0.25, 0.3) is 0 Å². The summed E-state index contributed by atoms with van der Waals surface area (Å²) >= 11 is 23.5. The van der Waals surface area contributed by atoms with Gasteiger partial charge < -0.3 is 0 Å². The molecule has 0 amide bonds. The van der Waals surface area contributed by atoms with Gasteiger partial charge in [0.05, 0.1) is 25.7 Å². The Kier molecular flexibility index (Phi) is 4.71. The molecule has 6 heteroatoms. The Morgan fingerprint density at radius 2 is 1.55 bits per heavy atom. The van der Waals surface area contributed by atoms with Crippen LogP contribution in [0.2, 0.25) is 20.1 Å². The maximum atomic E-state index is 12.4. The number of hydrogen-bond acceptors (Lipinski definition) is 2. The summed E-state index contributed by atoms with van der Waals surface area (Å²) < 4.78 is 0. The minimum absolute atomic E-state index is 0.0384. The molecule has 0 aliphatic heterocycles. The molecule has 2 nitrogen and oxygen atoms in total. The molecule has 20 heavy (non-hydrogen) atoms. The highest BCUT2D eigenvalue weighted by molar-refractivity contribution is 6.43. The zero-order valence-corrected chi connectivity index (χ0v) is 12.7. The van der Waals surface area contributed by atoms with E-state index in [9.17, 15) is 9.59 Å². The zero-order chi connectivity index (χ0) is 14.9. The second-order valence-corrected chi connectivity index (χ2v) is 5.44. The number of carbonyl (C=O) groups excluding carboxylic acids is 2. The third kappa shape index (κ3) is 2.84. The highest BCUT2D eigenvalue weighted by Gasteiger charge is 2.18. The van der Waals surface area contributed by atoms with E-state index < -0.39 is 0 Å². The minimum atomic E-state index is -0.387. The van der Waals surface area contributed by atoms with E-state index in [1.807, 2.05) is 0 Å². The van der Waals surface area contributed by atoms with E-state index in [-0.39, 0.29) is 32.0 Å². The standard InChI is InChI=1S/C14H5Cl4O2/c15-10-4-2-8(13(18)9(10)6-19)14(20)7-1-3-11(16)12(17)5-7/h1-5H. The van der Waals surface area contributed by atoms with Gasteiger partial charge in [-0.25, -0.2) is 0 Å². The zero-order valence-electron chi connectivity index (χ0n) is 9.72. The maximum Gasteiger partial charge on any atom is 0.236 e. The van der Waals surface area contributed by atoms with Gasteiger partial charge in [0.25, 0.3) is 0 Å². The van der Waals surface area contributed by atoms with Gasteiger partial charge in [-0.15, -0.1) is 0 Å². The van der Waals surface area contributed by atoms with Gasteiger partial charge in [0.15, 0.2) is 5.78 Å². The SMILES string of the molecule is O=[C]c1c(Cl)ccc(C(=O)c2ccc(Cl)c(Cl)c2)c1Cl. The predicted molar refractivity (Wildman–Crippen MR) is 81.2 cm³/mol. The topological polar surface area (TPSA) is 34.1 Å². The Labute approximate surface area is 135 Å². The van der Waals surface area contributed by atoms with E-state index in [0.717, 1.165) is 0 Å². The fraction of sp³-hybridized carbons (Fsp3) is 0. The van der Waals surface area contributed by atoms with Crippen molar-refractivity contribution in [2.75, 3.05) is 0 Å². The van der Waals surface area contributed by atoms with Crippen molar-refractivity contribution in [3.8, 4) is 0 Å². The molecule has 2 rings (SSSR count). The van der Waals surface area contributed by atoms with Crippen molar-refractivity contribution < 1.29 is 9.59 Å². The first-order valence-electron chi connectivity index (χ1n) is 5.31. The van der Waals surface area contributed by atoms with E-state index in [1.54, 1.807) is 6.29 Å². The van der Waals surface area contributed by atoms with Gasteiger partial charge in [-0.1, -0.05) is 46.4 Å². The summed E-state index contributed by atoms with van der Waals surface area (Å²) in [5, 5.41) is 0.691. The van der Waals surface area contributed by atoms with Crippen LogP contribution in [0.4, 0.5) is 0 Å². The second kappa shape index (κ2) is 6.15. The van der Waals surface area contributed by atoms with Crippen LogP contribution in [0.5, 0.6) is 0 Å². The third-order valence-corrected chi connectivity index (χ3v) is 4.07. The largest absolute Gasteiger partial charge is 0.289 e. The van der Waals surface area contributed by atoms with Crippen molar-refractivity contribution in [2.45, 2.75) is 0 Å². The molecule has 0 aliphatic carbocycles. The molecule has 2 aromatic rings. The Hall–Kier alpha value is -1.06. The number of rotatable bonds is 3. The lowest BCUT2D eigenvalue weighted by atomic mass is 10.0. The van der Waals surface area contributed by atoms with E-state index in [4.69, 9.17) is 46.4 Å². The minimum Gasteiger partial charge on any atom is -0.289 e. The molecule has 0 atom stereocenters. The summed E-state index contributed by atoms with van der Waals surface area (Å²) in [6.07, 6.45) is 1.62. The third-order valence-electron chi connectivity index (χ3n) is 2.62. The van der Waals surface area contributed by atoms with Crippen LogP contribution in [0.1, 0.15) is 21.5 Å². The van der Waals surface area contributed by atoms with Crippen molar-refractivity contribution in [3.05, 3.63) is 67.1 Å². The Bertz CT molecular complexity index is 711. The highest BCUT2D eigenvalue weighted by Crippen LogP contribution is 2.30. The normalized spacial score (nSPS) is 10.4.